The lowest BCUT2D eigenvalue weighted by Gasteiger charge is -2.36. The van der Waals surface area contributed by atoms with Crippen LogP contribution < -0.4 is 5.32 Å². The van der Waals surface area contributed by atoms with Crippen molar-refractivity contribution >= 4 is 5.91 Å². The summed E-state index contributed by atoms with van der Waals surface area (Å²) in [5.41, 5.74) is 0. The Morgan fingerprint density at radius 3 is 2.25 bits per heavy atom. The zero-order chi connectivity index (χ0) is 11.5. The van der Waals surface area contributed by atoms with Crippen LogP contribution in [-0.2, 0) is 4.79 Å². The summed E-state index contributed by atoms with van der Waals surface area (Å²) in [6, 6.07) is 1.08. The molecule has 2 rings (SSSR count). The molecule has 0 aromatic carbocycles. The minimum absolute atomic E-state index is 0.314. The molecule has 0 bridgehead atoms. The fourth-order valence-electron chi connectivity index (χ4n) is 2.55. The van der Waals surface area contributed by atoms with Gasteiger partial charge in [0.1, 0.15) is 0 Å². The van der Waals surface area contributed by atoms with E-state index in [2.05, 4.69) is 24.1 Å². The molecule has 16 heavy (non-hydrogen) atoms. The van der Waals surface area contributed by atoms with E-state index in [-0.39, 0.29) is 0 Å². The number of carbonyl (C=O) groups excluding carboxylic acids is 1. The van der Waals surface area contributed by atoms with Crippen LogP contribution >= 0.6 is 0 Å². The van der Waals surface area contributed by atoms with Gasteiger partial charge in [0.15, 0.2) is 0 Å². The van der Waals surface area contributed by atoms with Gasteiger partial charge < -0.3 is 10.2 Å². The monoisotopic (exact) mass is 224 g/mol. The molecule has 1 aliphatic heterocycles. The third-order valence-electron chi connectivity index (χ3n) is 4.08. The summed E-state index contributed by atoms with van der Waals surface area (Å²) < 4.78 is 0. The second kappa shape index (κ2) is 5.17. The molecule has 1 amide bonds. The van der Waals surface area contributed by atoms with Gasteiger partial charge in [-0.1, -0.05) is 6.42 Å². The van der Waals surface area contributed by atoms with Gasteiger partial charge >= 0.3 is 0 Å². The summed E-state index contributed by atoms with van der Waals surface area (Å²) in [5, 5.41) is 3.21. The smallest absolute Gasteiger partial charge is 0.223 e. The largest absolute Gasteiger partial charge is 0.353 e. The molecular weight excluding hydrogens is 200 g/mol. The highest BCUT2D eigenvalue weighted by Crippen LogP contribution is 2.26. The van der Waals surface area contributed by atoms with Crippen LogP contribution in [0.1, 0.15) is 46.0 Å². The number of carbonyl (C=O) groups is 1. The van der Waals surface area contributed by atoms with E-state index < -0.39 is 0 Å². The van der Waals surface area contributed by atoms with Gasteiger partial charge in [-0.05, 0) is 39.5 Å². The highest BCUT2D eigenvalue weighted by Gasteiger charge is 2.28. The summed E-state index contributed by atoms with van der Waals surface area (Å²) in [4.78, 5) is 14.3. The van der Waals surface area contributed by atoms with Crippen LogP contribution in [0.15, 0.2) is 0 Å². The maximum absolute atomic E-state index is 11.8. The van der Waals surface area contributed by atoms with Crippen LogP contribution in [-0.4, -0.2) is 36.0 Å². The molecule has 0 radical (unpaired) electrons. The average molecular weight is 224 g/mol. The molecule has 1 heterocycles. The maximum atomic E-state index is 11.8. The summed E-state index contributed by atoms with van der Waals surface area (Å²) in [5.74, 6) is 0.650. The number of nitrogens with one attached hydrogen (secondary N) is 1. The standard InChI is InChI=1S/C13H24N2O/c1-10(2)15-8-6-12(7-9-15)14-13(16)11-4-3-5-11/h10-12H,3-9H2,1-2H3,(H,14,16). The summed E-state index contributed by atoms with van der Waals surface area (Å²) >= 11 is 0. The second-order valence-corrected chi connectivity index (χ2v) is 5.54. The van der Waals surface area contributed by atoms with Crippen molar-refractivity contribution in [2.24, 2.45) is 5.92 Å². The molecule has 0 atom stereocenters. The number of amides is 1. The molecule has 3 nitrogen and oxygen atoms in total. The first-order chi connectivity index (χ1) is 7.66. The van der Waals surface area contributed by atoms with Crippen LogP contribution in [0.25, 0.3) is 0 Å². The lowest BCUT2D eigenvalue weighted by atomic mass is 9.84. The molecule has 0 spiro atoms. The Morgan fingerprint density at radius 1 is 1.19 bits per heavy atom. The number of nitrogens with zero attached hydrogens (tertiary/aromatic N) is 1. The molecular formula is C13H24N2O. The maximum Gasteiger partial charge on any atom is 0.223 e. The van der Waals surface area contributed by atoms with E-state index in [0.29, 0.717) is 23.9 Å². The Kier molecular flexibility index (Phi) is 3.85. The van der Waals surface area contributed by atoms with Crippen molar-refractivity contribution < 1.29 is 4.79 Å². The highest BCUT2D eigenvalue weighted by atomic mass is 16.2. The van der Waals surface area contributed by atoms with Crippen molar-refractivity contribution in [1.29, 1.82) is 0 Å². The number of hydrogen-bond acceptors (Lipinski definition) is 2. The van der Waals surface area contributed by atoms with E-state index in [1.165, 1.54) is 6.42 Å². The van der Waals surface area contributed by atoms with Crippen molar-refractivity contribution in [3.63, 3.8) is 0 Å². The van der Waals surface area contributed by atoms with E-state index in [9.17, 15) is 4.79 Å². The summed E-state index contributed by atoms with van der Waals surface area (Å²) in [6.45, 7) is 6.75. The van der Waals surface area contributed by atoms with Gasteiger partial charge in [0.2, 0.25) is 5.91 Å². The van der Waals surface area contributed by atoms with Crippen LogP contribution in [0, 0.1) is 5.92 Å². The molecule has 92 valence electrons. The highest BCUT2D eigenvalue weighted by molar-refractivity contribution is 5.79. The van der Waals surface area contributed by atoms with Gasteiger partial charge in [-0.15, -0.1) is 0 Å². The predicted octanol–water partition coefficient (Wildman–Crippen LogP) is 1.78. The normalized spacial score (nSPS) is 24.4. The van der Waals surface area contributed by atoms with Crippen LogP contribution in [0.4, 0.5) is 0 Å². The molecule has 2 fully saturated rings. The minimum Gasteiger partial charge on any atom is -0.353 e. The fraction of sp³-hybridized carbons (Fsp3) is 0.923. The van der Waals surface area contributed by atoms with Gasteiger partial charge in [-0.2, -0.15) is 0 Å². The Bertz CT molecular complexity index is 240. The van der Waals surface area contributed by atoms with E-state index in [4.69, 9.17) is 0 Å². The second-order valence-electron chi connectivity index (χ2n) is 5.54. The van der Waals surface area contributed by atoms with Gasteiger partial charge in [0, 0.05) is 31.1 Å². The van der Waals surface area contributed by atoms with Crippen LogP contribution in [0.5, 0.6) is 0 Å². The van der Waals surface area contributed by atoms with Gasteiger partial charge in [-0.25, -0.2) is 0 Å². The molecule has 1 saturated heterocycles. The Morgan fingerprint density at radius 2 is 1.81 bits per heavy atom. The van der Waals surface area contributed by atoms with E-state index in [1.807, 2.05) is 0 Å². The zero-order valence-corrected chi connectivity index (χ0v) is 10.5. The van der Waals surface area contributed by atoms with Gasteiger partial charge in [-0.3, -0.25) is 4.79 Å². The first-order valence-electron chi connectivity index (χ1n) is 6.71. The molecule has 3 heteroatoms. The van der Waals surface area contributed by atoms with Crippen molar-refractivity contribution in [2.45, 2.75) is 58.0 Å². The molecule has 1 saturated carbocycles. The van der Waals surface area contributed by atoms with E-state index in [0.717, 1.165) is 38.8 Å². The Hall–Kier alpha value is -0.570. The predicted molar refractivity (Wildman–Crippen MR) is 65.2 cm³/mol. The van der Waals surface area contributed by atoms with Crippen molar-refractivity contribution in [2.75, 3.05) is 13.1 Å². The number of hydrogen-bond donors (Lipinski definition) is 1. The first-order valence-corrected chi connectivity index (χ1v) is 6.71. The molecule has 0 aromatic rings. The van der Waals surface area contributed by atoms with Crippen molar-refractivity contribution in [3.05, 3.63) is 0 Å². The van der Waals surface area contributed by atoms with E-state index in [1.54, 1.807) is 0 Å². The molecule has 2 aliphatic rings. The Labute approximate surface area is 98.6 Å². The quantitative estimate of drug-likeness (QED) is 0.792. The molecule has 1 aliphatic carbocycles. The average Bonchev–Trinajstić information content (AvgIpc) is 2.15. The molecule has 1 N–H and O–H groups in total. The number of likely N-dealkylation sites (tertiary alicyclic amines) is 1. The summed E-state index contributed by atoms with van der Waals surface area (Å²) in [7, 11) is 0. The van der Waals surface area contributed by atoms with Gasteiger partial charge in [0.05, 0.1) is 0 Å². The van der Waals surface area contributed by atoms with Gasteiger partial charge in [0.25, 0.3) is 0 Å². The SMILES string of the molecule is CC(C)N1CCC(NC(=O)C2CCC2)CC1. The summed E-state index contributed by atoms with van der Waals surface area (Å²) in [6.07, 6.45) is 5.70. The molecule has 0 aromatic heterocycles. The lowest BCUT2D eigenvalue weighted by Crippen LogP contribution is -2.48. The first kappa shape index (κ1) is 11.9. The topological polar surface area (TPSA) is 32.3 Å². The third-order valence-corrected chi connectivity index (χ3v) is 4.08. The fourth-order valence-corrected chi connectivity index (χ4v) is 2.55. The number of rotatable bonds is 3. The van der Waals surface area contributed by atoms with Crippen molar-refractivity contribution in [1.82, 2.24) is 10.2 Å². The molecule has 0 unspecified atom stereocenters. The number of piperidine rings is 1. The van der Waals surface area contributed by atoms with E-state index >= 15 is 0 Å². The van der Waals surface area contributed by atoms with Crippen LogP contribution in [0.3, 0.4) is 0 Å². The van der Waals surface area contributed by atoms with Crippen LogP contribution in [0.2, 0.25) is 0 Å². The zero-order valence-electron chi connectivity index (χ0n) is 10.5. The Balaban J connectivity index is 1.70. The minimum atomic E-state index is 0.314. The lowest BCUT2D eigenvalue weighted by molar-refractivity contribution is -0.128. The van der Waals surface area contributed by atoms with Crippen molar-refractivity contribution in [3.8, 4) is 0 Å². The third kappa shape index (κ3) is 2.76.